The van der Waals surface area contributed by atoms with Crippen LogP contribution in [-0.4, -0.2) is 23.2 Å². The molecule has 0 amide bonds. The molecule has 1 aliphatic rings. The number of nitrogens with zero attached hydrogens (tertiary/aromatic N) is 2. The Morgan fingerprint density at radius 3 is 3.11 bits per heavy atom. The van der Waals surface area contributed by atoms with E-state index in [1.54, 1.807) is 13.2 Å². The molecule has 0 saturated carbocycles. The van der Waals surface area contributed by atoms with Crippen molar-refractivity contribution in [1.29, 1.82) is 0 Å². The van der Waals surface area contributed by atoms with Crippen LogP contribution in [0.4, 0.5) is 4.39 Å². The second kappa shape index (κ2) is 4.94. The fraction of sp³-hybridized carbons (Fsp3) is 0.308. The van der Waals surface area contributed by atoms with Crippen LogP contribution in [0.2, 0.25) is 0 Å². The summed E-state index contributed by atoms with van der Waals surface area (Å²) in [5.74, 6) is 1.07. The van der Waals surface area contributed by atoms with Crippen LogP contribution in [0.25, 0.3) is 11.4 Å². The number of ether oxygens (including phenoxy) is 1. The second-order valence-electron chi connectivity index (χ2n) is 4.35. The van der Waals surface area contributed by atoms with Crippen molar-refractivity contribution in [3.05, 3.63) is 34.3 Å². The predicted molar refractivity (Wildman–Crippen MR) is 73.6 cm³/mol. The Kier molecular flexibility index (Phi) is 3.28. The van der Waals surface area contributed by atoms with Crippen LogP contribution in [0.1, 0.15) is 5.69 Å². The first-order valence-corrected chi connectivity index (χ1v) is 6.79. The van der Waals surface area contributed by atoms with Gasteiger partial charge in [-0.1, -0.05) is 0 Å². The molecule has 2 aromatic rings. The highest BCUT2D eigenvalue weighted by atomic mass is 79.9. The van der Waals surface area contributed by atoms with Crippen molar-refractivity contribution in [3.63, 3.8) is 0 Å². The van der Waals surface area contributed by atoms with Crippen LogP contribution < -0.4 is 10.1 Å². The van der Waals surface area contributed by atoms with Crippen molar-refractivity contribution in [3.8, 4) is 17.1 Å². The predicted octanol–water partition coefficient (Wildman–Crippen LogP) is 2.56. The van der Waals surface area contributed by atoms with Crippen LogP contribution in [-0.2, 0) is 13.1 Å². The molecule has 0 fully saturated rings. The normalized spacial score (nSPS) is 14.3. The molecule has 0 bridgehead atoms. The smallest absolute Gasteiger partial charge is 0.145 e. The van der Waals surface area contributed by atoms with Crippen LogP contribution >= 0.6 is 15.9 Å². The largest absolute Gasteiger partial charge is 0.496 e. The monoisotopic (exact) mass is 325 g/mol. The summed E-state index contributed by atoms with van der Waals surface area (Å²) in [6.07, 6.45) is 0. The van der Waals surface area contributed by atoms with Gasteiger partial charge in [-0.25, -0.2) is 9.37 Å². The first kappa shape index (κ1) is 12.6. The SMILES string of the molecule is COc1ccc(F)cc1-c1nc(Br)c2n1CCNC2. The summed E-state index contributed by atoms with van der Waals surface area (Å²) in [6.45, 7) is 2.44. The van der Waals surface area contributed by atoms with E-state index in [0.717, 1.165) is 35.8 Å². The molecule has 0 spiro atoms. The Balaban J connectivity index is 2.19. The zero-order chi connectivity index (χ0) is 13.4. The number of aromatic nitrogens is 2. The minimum absolute atomic E-state index is 0.293. The number of methoxy groups -OCH3 is 1. The average molecular weight is 326 g/mol. The van der Waals surface area contributed by atoms with Gasteiger partial charge in [0.25, 0.3) is 0 Å². The van der Waals surface area contributed by atoms with Crippen molar-refractivity contribution in [2.45, 2.75) is 13.1 Å². The summed E-state index contributed by atoms with van der Waals surface area (Å²) in [4.78, 5) is 4.51. The van der Waals surface area contributed by atoms with Gasteiger partial charge >= 0.3 is 0 Å². The van der Waals surface area contributed by atoms with Gasteiger partial charge in [0.15, 0.2) is 0 Å². The molecule has 0 atom stereocenters. The summed E-state index contributed by atoms with van der Waals surface area (Å²) in [7, 11) is 1.58. The lowest BCUT2D eigenvalue weighted by atomic mass is 10.1. The van der Waals surface area contributed by atoms with Crippen molar-refractivity contribution in [2.75, 3.05) is 13.7 Å². The number of nitrogens with one attached hydrogen (secondary N) is 1. The van der Waals surface area contributed by atoms with Gasteiger partial charge in [-0.15, -0.1) is 0 Å². The maximum absolute atomic E-state index is 13.5. The maximum Gasteiger partial charge on any atom is 0.145 e. The fourth-order valence-electron chi connectivity index (χ4n) is 2.32. The maximum atomic E-state index is 13.5. The van der Waals surface area contributed by atoms with Crippen LogP contribution in [0, 0.1) is 5.82 Å². The molecule has 19 heavy (non-hydrogen) atoms. The van der Waals surface area contributed by atoms with E-state index in [1.807, 2.05) is 0 Å². The van der Waals surface area contributed by atoms with Crippen LogP contribution in [0.3, 0.4) is 0 Å². The molecule has 1 aliphatic heterocycles. The van der Waals surface area contributed by atoms with E-state index in [9.17, 15) is 4.39 Å². The van der Waals surface area contributed by atoms with Crippen LogP contribution in [0.15, 0.2) is 22.8 Å². The number of hydrogen-bond acceptors (Lipinski definition) is 3. The lowest BCUT2D eigenvalue weighted by Crippen LogP contribution is -2.28. The molecular weight excluding hydrogens is 313 g/mol. The first-order valence-electron chi connectivity index (χ1n) is 6.00. The van der Waals surface area contributed by atoms with Crippen molar-refractivity contribution in [1.82, 2.24) is 14.9 Å². The van der Waals surface area contributed by atoms with E-state index >= 15 is 0 Å². The minimum atomic E-state index is -0.293. The summed E-state index contributed by atoms with van der Waals surface area (Å²) in [5.41, 5.74) is 1.75. The molecule has 3 rings (SSSR count). The lowest BCUT2D eigenvalue weighted by molar-refractivity contribution is 0.414. The summed E-state index contributed by atoms with van der Waals surface area (Å²) in [6, 6.07) is 4.48. The third-order valence-electron chi connectivity index (χ3n) is 3.23. The molecule has 1 aromatic heterocycles. The molecule has 0 aliphatic carbocycles. The Morgan fingerprint density at radius 2 is 2.32 bits per heavy atom. The van der Waals surface area contributed by atoms with Gasteiger partial charge in [0.05, 0.1) is 18.4 Å². The number of rotatable bonds is 2. The van der Waals surface area contributed by atoms with Gasteiger partial charge < -0.3 is 14.6 Å². The zero-order valence-corrected chi connectivity index (χ0v) is 12.0. The zero-order valence-electron chi connectivity index (χ0n) is 10.4. The molecule has 4 nitrogen and oxygen atoms in total. The second-order valence-corrected chi connectivity index (χ2v) is 5.10. The van der Waals surface area contributed by atoms with Gasteiger partial charge in [-0.3, -0.25) is 0 Å². The van der Waals surface area contributed by atoms with Crippen molar-refractivity contribution in [2.24, 2.45) is 0 Å². The van der Waals surface area contributed by atoms with Crippen LogP contribution in [0.5, 0.6) is 5.75 Å². The summed E-state index contributed by atoms with van der Waals surface area (Å²) >= 11 is 3.46. The van der Waals surface area contributed by atoms with E-state index in [2.05, 4.69) is 30.8 Å². The summed E-state index contributed by atoms with van der Waals surface area (Å²) in [5, 5.41) is 3.29. The van der Waals surface area contributed by atoms with Gasteiger partial charge in [0.1, 0.15) is 22.0 Å². The number of fused-ring (bicyclic) bond motifs is 1. The highest BCUT2D eigenvalue weighted by Crippen LogP contribution is 2.33. The molecular formula is C13H13BrFN3O. The van der Waals surface area contributed by atoms with Crippen molar-refractivity contribution < 1.29 is 9.13 Å². The third-order valence-corrected chi connectivity index (χ3v) is 3.87. The lowest BCUT2D eigenvalue weighted by Gasteiger charge is -2.18. The Hall–Kier alpha value is -1.40. The highest BCUT2D eigenvalue weighted by molar-refractivity contribution is 9.10. The summed E-state index contributed by atoms with van der Waals surface area (Å²) < 4.78 is 21.7. The quantitative estimate of drug-likeness (QED) is 0.922. The fourth-order valence-corrected chi connectivity index (χ4v) is 2.85. The molecule has 100 valence electrons. The molecule has 2 heterocycles. The Labute approximate surface area is 118 Å². The molecule has 0 saturated heterocycles. The van der Waals surface area contributed by atoms with E-state index in [4.69, 9.17) is 4.74 Å². The molecule has 1 aromatic carbocycles. The first-order chi connectivity index (χ1) is 9.20. The Bertz CT molecular complexity index is 627. The van der Waals surface area contributed by atoms with E-state index in [0.29, 0.717) is 11.3 Å². The molecule has 6 heteroatoms. The Morgan fingerprint density at radius 1 is 1.47 bits per heavy atom. The number of halogens is 2. The van der Waals surface area contributed by atoms with Gasteiger partial charge in [-0.05, 0) is 34.1 Å². The number of hydrogen-bond donors (Lipinski definition) is 1. The topological polar surface area (TPSA) is 39.1 Å². The molecule has 1 N–H and O–H groups in total. The number of benzene rings is 1. The van der Waals surface area contributed by atoms with Gasteiger partial charge in [-0.2, -0.15) is 0 Å². The standard InChI is InChI=1S/C13H13BrFN3O/c1-19-11-3-2-8(15)6-9(11)13-17-12(14)10-7-16-4-5-18(10)13/h2-3,6,16H,4-5,7H2,1H3. The minimum Gasteiger partial charge on any atom is -0.496 e. The van der Waals surface area contributed by atoms with E-state index in [1.165, 1.54) is 12.1 Å². The van der Waals surface area contributed by atoms with Crippen molar-refractivity contribution >= 4 is 15.9 Å². The third kappa shape index (κ3) is 2.15. The number of imidazole rings is 1. The van der Waals surface area contributed by atoms with Gasteiger partial charge in [0.2, 0.25) is 0 Å². The van der Waals surface area contributed by atoms with E-state index in [-0.39, 0.29) is 5.82 Å². The van der Waals surface area contributed by atoms with E-state index < -0.39 is 0 Å². The highest BCUT2D eigenvalue weighted by Gasteiger charge is 2.21. The molecule has 0 unspecified atom stereocenters. The molecule has 0 radical (unpaired) electrons. The average Bonchev–Trinajstić information content (AvgIpc) is 2.77. The van der Waals surface area contributed by atoms with Gasteiger partial charge in [0, 0.05) is 19.6 Å².